The van der Waals surface area contributed by atoms with Gasteiger partial charge in [-0.15, -0.1) is 0 Å². The molecule has 8 nitrogen and oxygen atoms in total. The number of aromatic nitrogens is 2. The Balaban J connectivity index is 1.48. The van der Waals surface area contributed by atoms with E-state index in [1.807, 2.05) is 18.9 Å². The van der Waals surface area contributed by atoms with E-state index in [2.05, 4.69) is 43.8 Å². The zero-order valence-corrected chi connectivity index (χ0v) is 25.1. The van der Waals surface area contributed by atoms with Crippen LogP contribution in [0.2, 0.25) is 0 Å². The van der Waals surface area contributed by atoms with Gasteiger partial charge in [-0.05, 0) is 58.2 Å². The Morgan fingerprint density at radius 2 is 1.61 bits per heavy atom. The number of halogens is 5. The SMILES string of the molecule is CC(C)N1CCN(c2ncc(-c3cc(NC(=O)c4ccc(F)cc4C(F)(F)F)c(N4CCN(C)[C@H](C)C4)cc3F)cn2)CC1. The summed E-state index contributed by atoms with van der Waals surface area (Å²) in [6, 6.07) is 5.09. The molecule has 1 atom stereocenters. The Labute approximate surface area is 253 Å². The third-order valence-electron chi connectivity index (χ3n) is 8.44. The molecule has 0 radical (unpaired) electrons. The number of benzene rings is 2. The van der Waals surface area contributed by atoms with Crippen molar-refractivity contribution in [2.24, 2.45) is 0 Å². The van der Waals surface area contributed by atoms with Gasteiger partial charge in [0.2, 0.25) is 5.95 Å². The highest BCUT2D eigenvalue weighted by Gasteiger charge is 2.36. The van der Waals surface area contributed by atoms with Gasteiger partial charge < -0.3 is 20.0 Å². The zero-order valence-electron chi connectivity index (χ0n) is 25.1. The molecule has 236 valence electrons. The average Bonchev–Trinajstić information content (AvgIpc) is 2.99. The summed E-state index contributed by atoms with van der Waals surface area (Å²) in [6.45, 7) is 11.2. The number of rotatable bonds is 6. The van der Waals surface area contributed by atoms with Gasteiger partial charge in [0.05, 0.1) is 22.5 Å². The van der Waals surface area contributed by atoms with Crippen LogP contribution in [-0.2, 0) is 6.18 Å². The molecular formula is C31H36F5N7O. The fourth-order valence-electron chi connectivity index (χ4n) is 5.61. The number of carbonyl (C=O) groups excluding carboxylic acids is 1. The Morgan fingerprint density at radius 3 is 2.23 bits per heavy atom. The van der Waals surface area contributed by atoms with Gasteiger partial charge in [-0.2, -0.15) is 13.2 Å². The first-order valence-corrected chi connectivity index (χ1v) is 14.6. The van der Waals surface area contributed by atoms with Crippen LogP contribution in [0.15, 0.2) is 42.7 Å². The lowest BCUT2D eigenvalue weighted by atomic mass is 10.0. The fraction of sp³-hybridized carbons (Fsp3) is 0.452. The lowest BCUT2D eigenvalue weighted by Gasteiger charge is -2.39. The number of hydrogen-bond donors (Lipinski definition) is 1. The summed E-state index contributed by atoms with van der Waals surface area (Å²) in [7, 11) is 1.97. The number of amides is 1. The van der Waals surface area contributed by atoms with Gasteiger partial charge in [0.15, 0.2) is 0 Å². The van der Waals surface area contributed by atoms with Gasteiger partial charge in [0, 0.05) is 81.4 Å². The maximum atomic E-state index is 15.7. The largest absolute Gasteiger partial charge is 0.417 e. The van der Waals surface area contributed by atoms with Crippen molar-refractivity contribution in [1.82, 2.24) is 19.8 Å². The van der Waals surface area contributed by atoms with Gasteiger partial charge in [-0.3, -0.25) is 9.69 Å². The van der Waals surface area contributed by atoms with Crippen LogP contribution in [0.4, 0.5) is 39.3 Å². The summed E-state index contributed by atoms with van der Waals surface area (Å²) < 4.78 is 70.6. The molecule has 0 aliphatic carbocycles. The molecule has 2 aliphatic rings. The second-order valence-corrected chi connectivity index (χ2v) is 11.7. The van der Waals surface area contributed by atoms with Crippen LogP contribution < -0.4 is 15.1 Å². The van der Waals surface area contributed by atoms with Crippen molar-refractivity contribution in [2.75, 3.05) is 68.0 Å². The molecule has 5 rings (SSSR count). The zero-order chi connectivity index (χ0) is 31.8. The van der Waals surface area contributed by atoms with E-state index in [0.717, 1.165) is 38.3 Å². The minimum absolute atomic E-state index is 0.0811. The van der Waals surface area contributed by atoms with Crippen LogP contribution >= 0.6 is 0 Å². The normalized spacial score (nSPS) is 18.6. The predicted molar refractivity (Wildman–Crippen MR) is 160 cm³/mol. The molecule has 2 saturated heterocycles. The maximum absolute atomic E-state index is 15.7. The molecule has 2 aromatic carbocycles. The molecule has 0 saturated carbocycles. The topological polar surface area (TPSA) is 67.8 Å². The van der Waals surface area contributed by atoms with E-state index >= 15 is 4.39 Å². The summed E-state index contributed by atoms with van der Waals surface area (Å²) in [5.74, 6) is -2.28. The second-order valence-electron chi connectivity index (χ2n) is 11.7. The average molecular weight is 618 g/mol. The number of alkyl halides is 3. The smallest absolute Gasteiger partial charge is 0.367 e. The van der Waals surface area contributed by atoms with Gasteiger partial charge in [0.1, 0.15) is 11.6 Å². The van der Waals surface area contributed by atoms with Crippen molar-refractivity contribution in [3.63, 3.8) is 0 Å². The van der Waals surface area contributed by atoms with E-state index in [1.165, 1.54) is 24.5 Å². The Hall–Kier alpha value is -3.84. The molecule has 1 N–H and O–H groups in total. The number of anilines is 3. The summed E-state index contributed by atoms with van der Waals surface area (Å²) >= 11 is 0. The summed E-state index contributed by atoms with van der Waals surface area (Å²) in [4.78, 5) is 30.7. The van der Waals surface area contributed by atoms with Crippen LogP contribution in [0.5, 0.6) is 0 Å². The van der Waals surface area contributed by atoms with Gasteiger partial charge in [-0.25, -0.2) is 18.7 Å². The van der Waals surface area contributed by atoms with Crippen molar-refractivity contribution >= 4 is 23.2 Å². The van der Waals surface area contributed by atoms with Crippen LogP contribution in [0.3, 0.4) is 0 Å². The van der Waals surface area contributed by atoms with E-state index in [4.69, 9.17) is 0 Å². The number of carbonyl (C=O) groups is 1. The predicted octanol–water partition coefficient (Wildman–Crippen LogP) is 5.36. The Bertz CT molecular complexity index is 1490. The lowest BCUT2D eigenvalue weighted by molar-refractivity contribution is -0.138. The number of likely N-dealkylation sites (N-methyl/N-ethyl adjacent to an activating group) is 1. The van der Waals surface area contributed by atoms with E-state index in [1.54, 1.807) is 0 Å². The van der Waals surface area contributed by atoms with Crippen molar-refractivity contribution in [2.45, 2.75) is 39.0 Å². The van der Waals surface area contributed by atoms with Crippen molar-refractivity contribution in [3.8, 4) is 11.1 Å². The van der Waals surface area contributed by atoms with Crippen molar-refractivity contribution in [1.29, 1.82) is 0 Å². The molecule has 0 spiro atoms. The number of hydrogen-bond acceptors (Lipinski definition) is 7. The molecule has 3 aromatic rings. The molecule has 2 fully saturated rings. The minimum Gasteiger partial charge on any atom is -0.367 e. The molecule has 3 heterocycles. The van der Waals surface area contributed by atoms with Crippen molar-refractivity contribution in [3.05, 3.63) is 65.5 Å². The molecule has 1 amide bonds. The summed E-state index contributed by atoms with van der Waals surface area (Å²) in [6.07, 6.45) is -1.96. The standard InChI is InChI=1S/C31H36F5N7O/c1-19(2)41-9-11-42(12-10-41)30-37-16-21(17-38-30)24-14-27(28(15-26(24)33)43-8-7-40(4)20(3)18-43)39-29(44)23-6-5-22(32)13-25(23)31(34,35)36/h5-6,13-17,19-20H,7-12,18H2,1-4H3,(H,39,44)/t20-/m1/s1. The summed E-state index contributed by atoms with van der Waals surface area (Å²) in [5.41, 5.74) is -1.26. The van der Waals surface area contributed by atoms with Gasteiger partial charge >= 0.3 is 6.18 Å². The highest BCUT2D eigenvalue weighted by atomic mass is 19.4. The van der Waals surface area contributed by atoms with Gasteiger partial charge in [-0.1, -0.05) is 0 Å². The molecular weight excluding hydrogens is 581 g/mol. The highest BCUT2D eigenvalue weighted by molar-refractivity contribution is 6.07. The lowest BCUT2D eigenvalue weighted by Crippen LogP contribution is -2.50. The van der Waals surface area contributed by atoms with E-state index in [9.17, 15) is 22.4 Å². The van der Waals surface area contributed by atoms with Crippen LogP contribution in [0.1, 0.15) is 36.7 Å². The molecule has 0 bridgehead atoms. The minimum atomic E-state index is -4.96. The molecule has 44 heavy (non-hydrogen) atoms. The van der Waals surface area contributed by atoms with Gasteiger partial charge in [0.25, 0.3) is 5.91 Å². The van der Waals surface area contributed by atoms with E-state index in [0.29, 0.717) is 42.9 Å². The Morgan fingerprint density at radius 1 is 0.955 bits per heavy atom. The van der Waals surface area contributed by atoms with E-state index < -0.39 is 34.8 Å². The third-order valence-corrected chi connectivity index (χ3v) is 8.44. The summed E-state index contributed by atoms with van der Waals surface area (Å²) in [5, 5.41) is 2.56. The van der Waals surface area contributed by atoms with Crippen LogP contribution in [0, 0.1) is 11.6 Å². The molecule has 0 unspecified atom stereocenters. The molecule has 1 aromatic heterocycles. The number of nitrogens with zero attached hydrogens (tertiary/aromatic N) is 6. The van der Waals surface area contributed by atoms with E-state index in [-0.39, 0.29) is 23.4 Å². The number of nitrogens with one attached hydrogen (secondary N) is 1. The molecule has 13 heteroatoms. The first-order chi connectivity index (χ1) is 20.8. The van der Waals surface area contributed by atoms with Crippen LogP contribution in [-0.4, -0.2) is 90.6 Å². The maximum Gasteiger partial charge on any atom is 0.417 e. The first-order valence-electron chi connectivity index (χ1n) is 14.6. The first kappa shape index (κ1) is 31.6. The van der Waals surface area contributed by atoms with Crippen molar-refractivity contribution < 1.29 is 26.7 Å². The monoisotopic (exact) mass is 617 g/mol. The molecule has 2 aliphatic heterocycles. The Kier molecular flexibility index (Phi) is 9.07. The highest BCUT2D eigenvalue weighted by Crippen LogP contribution is 2.37. The number of piperazine rings is 2. The quantitative estimate of drug-likeness (QED) is 0.374. The second kappa shape index (κ2) is 12.6. The third kappa shape index (κ3) is 6.78. The fourth-order valence-corrected chi connectivity index (χ4v) is 5.61. The van der Waals surface area contributed by atoms with Crippen LogP contribution in [0.25, 0.3) is 11.1 Å².